The highest BCUT2D eigenvalue weighted by atomic mass is 16.7. The van der Waals surface area contributed by atoms with Crippen LogP contribution in [-0.4, -0.2) is 64.2 Å². The predicted molar refractivity (Wildman–Crippen MR) is 214 cm³/mol. The van der Waals surface area contributed by atoms with Gasteiger partial charge in [0.05, 0.1) is 28.1 Å². The van der Waals surface area contributed by atoms with Crippen molar-refractivity contribution in [2.45, 2.75) is 90.1 Å². The number of benzene rings is 2. The highest BCUT2D eigenvalue weighted by molar-refractivity contribution is 5.99. The second-order valence-corrected chi connectivity index (χ2v) is 18.1. The number of pyridine rings is 2. The van der Waals surface area contributed by atoms with Gasteiger partial charge in [0.25, 0.3) is 0 Å². The Morgan fingerprint density at radius 1 is 0.862 bits per heavy atom. The van der Waals surface area contributed by atoms with Gasteiger partial charge in [0.2, 0.25) is 0 Å². The average molecular weight is 781 g/mol. The number of nitrogens with zero attached hydrogens (tertiary/aromatic N) is 2. The van der Waals surface area contributed by atoms with Crippen molar-refractivity contribution in [3.63, 3.8) is 0 Å². The molecule has 0 N–H and O–H groups in total. The fourth-order valence-corrected chi connectivity index (χ4v) is 12.5. The summed E-state index contributed by atoms with van der Waals surface area (Å²) in [6, 6.07) is 22.2. The van der Waals surface area contributed by atoms with E-state index in [4.69, 9.17) is 18.9 Å². The number of cyclic esters (lactones) is 1. The van der Waals surface area contributed by atoms with E-state index in [1.165, 1.54) is 0 Å². The summed E-state index contributed by atoms with van der Waals surface area (Å²) in [6.45, 7) is 8.48. The number of ether oxygens (including phenoxy) is 4. The van der Waals surface area contributed by atoms with Gasteiger partial charge in [-0.15, -0.1) is 0 Å². The molecular weight excluding hydrogens is 733 g/mol. The third-order valence-corrected chi connectivity index (χ3v) is 15.6. The van der Waals surface area contributed by atoms with Gasteiger partial charge in [-0.25, -0.2) is 24.4 Å². The minimum atomic E-state index is -0.885. The fraction of sp³-hybridized carbons (Fsp3) is 0.458. The molecule has 0 amide bonds. The van der Waals surface area contributed by atoms with Crippen molar-refractivity contribution in [1.29, 1.82) is 0 Å². The number of carbonyl (C=O) groups excluding carboxylic acids is 4. The van der Waals surface area contributed by atoms with E-state index in [9.17, 15) is 19.2 Å². The molecule has 6 aliphatic rings. The van der Waals surface area contributed by atoms with E-state index in [0.29, 0.717) is 29.3 Å². The molecule has 0 unspecified atom stereocenters. The van der Waals surface area contributed by atoms with Crippen LogP contribution in [0.5, 0.6) is 0 Å². The molecule has 3 saturated carbocycles. The molecule has 4 aliphatic carbocycles. The summed E-state index contributed by atoms with van der Waals surface area (Å²) in [5.74, 6) is -0.291. The molecule has 4 fully saturated rings. The van der Waals surface area contributed by atoms with Crippen LogP contribution in [0.2, 0.25) is 0 Å². The first kappa shape index (κ1) is 37.1. The van der Waals surface area contributed by atoms with Crippen molar-refractivity contribution in [3.8, 4) is 0 Å². The fourth-order valence-electron chi connectivity index (χ4n) is 12.5. The minimum Gasteiger partial charge on any atom is -0.458 e. The molecule has 1 saturated heterocycles. The molecule has 0 radical (unpaired) electrons. The third-order valence-electron chi connectivity index (χ3n) is 15.6. The number of fused-ring (bicyclic) bond motifs is 6. The number of aromatic nitrogens is 2. The number of epoxide rings is 1. The van der Waals surface area contributed by atoms with Crippen molar-refractivity contribution < 1.29 is 38.1 Å². The topological polar surface area (TPSA) is 134 Å². The molecule has 4 heterocycles. The maximum absolute atomic E-state index is 14.1. The molecule has 2 aromatic heterocycles. The minimum absolute atomic E-state index is 0.000301. The van der Waals surface area contributed by atoms with Gasteiger partial charge in [-0.1, -0.05) is 68.0 Å². The van der Waals surface area contributed by atoms with E-state index < -0.39 is 35.0 Å². The molecule has 10 nitrogen and oxygen atoms in total. The Bertz CT molecular complexity index is 2480. The highest BCUT2D eigenvalue weighted by Gasteiger charge is 2.81. The Balaban J connectivity index is 0.823. The van der Waals surface area contributed by atoms with Crippen LogP contribution >= 0.6 is 0 Å². The monoisotopic (exact) mass is 780 g/mol. The van der Waals surface area contributed by atoms with Gasteiger partial charge < -0.3 is 18.9 Å². The predicted octanol–water partition coefficient (Wildman–Crippen LogP) is 8.18. The van der Waals surface area contributed by atoms with E-state index >= 15 is 0 Å². The second-order valence-electron chi connectivity index (χ2n) is 18.1. The number of hydrogen-bond donors (Lipinski definition) is 0. The number of esters is 3. The Labute approximate surface area is 337 Å². The number of carbonyl (C=O) groups is 4. The van der Waals surface area contributed by atoms with E-state index in [1.807, 2.05) is 67.6 Å². The second kappa shape index (κ2) is 13.4. The normalized spacial score (nSPS) is 35.3. The van der Waals surface area contributed by atoms with Crippen molar-refractivity contribution in [1.82, 2.24) is 9.97 Å². The van der Waals surface area contributed by atoms with Gasteiger partial charge in [-0.05, 0) is 117 Å². The lowest BCUT2D eigenvalue weighted by molar-refractivity contribution is -0.156. The quantitative estimate of drug-likeness (QED) is 0.103. The van der Waals surface area contributed by atoms with Crippen LogP contribution < -0.4 is 0 Å². The van der Waals surface area contributed by atoms with Crippen molar-refractivity contribution >= 4 is 45.5 Å². The molecule has 58 heavy (non-hydrogen) atoms. The van der Waals surface area contributed by atoms with E-state index in [-0.39, 0.29) is 59.2 Å². The summed E-state index contributed by atoms with van der Waals surface area (Å²) in [6.07, 6.45) is 7.47. The molecule has 1 spiro atoms. The van der Waals surface area contributed by atoms with E-state index in [2.05, 4.69) is 30.7 Å². The van der Waals surface area contributed by atoms with Gasteiger partial charge in [0.15, 0.2) is 11.9 Å². The van der Waals surface area contributed by atoms with Crippen LogP contribution in [-0.2, 0) is 28.5 Å². The molecule has 10 rings (SSSR count). The number of hydrogen-bond acceptors (Lipinski definition) is 10. The van der Waals surface area contributed by atoms with Crippen molar-refractivity contribution in [3.05, 3.63) is 107 Å². The molecule has 2 aromatic carbocycles. The van der Waals surface area contributed by atoms with Gasteiger partial charge in [-0.2, -0.15) is 0 Å². The standard InChI is InChI=1S/C48H48N2O8/c1-26-23-39(56-43(52)31(26)25-55-44(53)37-17-13-28-9-5-7-11-35(28)49-37)27(2)32-15-16-33-30-24-42-48(58-42)41(20-19-40(51)47(48,4)34(30)21-22-46(32,33)3)57-45(54)38-18-14-29-10-6-8-12-36(29)50-38/h5-14,17-20,27,30,32-34,39,41-42H,15-16,21-25H2,1-4H3/t27-,30-,32+,33-,34-,39+,41-,42+,46+,47-,48+/m0/s1. The number of para-hydroxylation sites is 2. The van der Waals surface area contributed by atoms with Crippen LogP contribution in [0.25, 0.3) is 21.8 Å². The Morgan fingerprint density at radius 3 is 2.22 bits per heavy atom. The van der Waals surface area contributed by atoms with Crippen LogP contribution in [0, 0.1) is 40.4 Å². The third kappa shape index (κ3) is 5.46. The van der Waals surface area contributed by atoms with Gasteiger partial charge in [0.1, 0.15) is 29.7 Å². The Morgan fingerprint density at radius 2 is 1.53 bits per heavy atom. The van der Waals surface area contributed by atoms with Gasteiger partial charge in [0, 0.05) is 17.2 Å². The number of allylic oxidation sites excluding steroid dienone is 1. The zero-order valence-electron chi connectivity index (χ0n) is 33.3. The zero-order valence-corrected chi connectivity index (χ0v) is 33.3. The molecule has 298 valence electrons. The maximum Gasteiger partial charge on any atom is 0.357 e. The number of ketones is 1. The lowest BCUT2D eigenvalue weighted by atomic mass is 9.44. The van der Waals surface area contributed by atoms with E-state index in [0.717, 1.165) is 54.0 Å². The maximum atomic E-state index is 14.1. The van der Waals surface area contributed by atoms with Gasteiger partial charge in [-0.3, -0.25) is 4.79 Å². The summed E-state index contributed by atoms with van der Waals surface area (Å²) in [7, 11) is 0. The van der Waals surface area contributed by atoms with Gasteiger partial charge >= 0.3 is 17.9 Å². The highest BCUT2D eigenvalue weighted by Crippen LogP contribution is 2.73. The molecule has 4 aromatic rings. The lowest BCUT2D eigenvalue weighted by Crippen LogP contribution is -2.64. The summed E-state index contributed by atoms with van der Waals surface area (Å²) < 4.78 is 24.6. The average Bonchev–Trinajstić information content (AvgIpc) is 3.86. The van der Waals surface area contributed by atoms with Crippen LogP contribution in [0.1, 0.15) is 87.2 Å². The zero-order chi connectivity index (χ0) is 40.1. The van der Waals surface area contributed by atoms with Crippen molar-refractivity contribution in [2.75, 3.05) is 6.61 Å². The Kier molecular flexibility index (Phi) is 8.57. The summed E-state index contributed by atoms with van der Waals surface area (Å²) >= 11 is 0. The first-order valence-electron chi connectivity index (χ1n) is 20.8. The Hall–Kier alpha value is -5.22. The summed E-state index contributed by atoms with van der Waals surface area (Å²) in [5.41, 5.74) is 1.41. The first-order valence-corrected chi connectivity index (χ1v) is 20.8. The summed E-state index contributed by atoms with van der Waals surface area (Å²) in [5, 5.41) is 1.87. The largest absolute Gasteiger partial charge is 0.458 e. The SMILES string of the molecule is CC1=C(COC(=O)c2ccc3ccccc3n2)C(=O)O[C@@H]([C@@H](C)[C@H]2CC[C@H]3[C@@H]4C[C@H]5O[C@]56[C@@H](OC(=O)c5ccc7ccccc7n5)C=CC(=O)[C@]6(C)[C@H]4CC[C@]23C)C1. The molecule has 0 bridgehead atoms. The lowest BCUT2D eigenvalue weighted by Gasteiger charge is -2.58. The van der Waals surface area contributed by atoms with Crippen molar-refractivity contribution in [2.24, 2.45) is 40.4 Å². The van der Waals surface area contributed by atoms with Crippen LogP contribution in [0.15, 0.2) is 96.1 Å². The van der Waals surface area contributed by atoms with E-state index in [1.54, 1.807) is 24.3 Å². The molecular formula is C48H48N2O8. The smallest absolute Gasteiger partial charge is 0.357 e. The van der Waals surface area contributed by atoms with Crippen LogP contribution in [0.4, 0.5) is 0 Å². The first-order chi connectivity index (χ1) is 27.9. The molecule has 11 atom stereocenters. The molecule has 10 heteroatoms. The molecule has 2 aliphatic heterocycles. The summed E-state index contributed by atoms with van der Waals surface area (Å²) in [4.78, 5) is 63.1. The number of rotatable bonds is 7. The van der Waals surface area contributed by atoms with Crippen LogP contribution in [0.3, 0.4) is 0 Å².